The maximum atomic E-state index is 10.5. The van der Waals surface area contributed by atoms with Gasteiger partial charge in [-0.05, 0) is 24.6 Å². The van der Waals surface area contributed by atoms with Crippen LogP contribution in [-0.2, 0) is 10.2 Å². The van der Waals surface area contributed by atoms with Crippen LogP contribution in [0, 0.1) is 0 Å². The zero-order valence-electron chi connectivity index (χ0n) is 15.3. The monoisotopic (exact) mass is 364 g/mol. The summed E-state index contributed by atoms with van der Waals surface area (Å²) in [6.07, 6.45) is 0.555. The Bertz CT molecular complexity index is 788. The number of hydrogen-bond donors (Lipinski definition) is 3. The average molecular weight is 364 g/mol. The fourth-order valence-electron chi connectivity index (χ4n) is 3.51. The first-order valence-electron chi connectivity index (χ1n) is 9.04. The Morgan fingerprint density at radius 1 is 0.667 bits per heavy atom. The second kappa shape index (κ2) is 8.14. The normalized spacial score (nSPS) is 12.8. The number of phenolic OH excluding ortho intramolecular Hbond substituents is 3. The van der Waals surface area contributed by atoms with E-state index in [1.54, 1.807) is 36.4 Å². The molecule has 4 rings (SSSR count). The van der Waals surface area contributed by atoms with E-state index < -0.39 is 5.41 Å². The third-order valence-corrected chi connectivity index (χ3v) is 4.83. The van der Waals surface area contributed by atoms with Crippen molar-refractivity contribution in [2.24, 2.45) is 0 Å². The van der Waals surface area contributed by atoms with Crippen LogP contribution in [0.2, 0.25) is 0 Å². The van der Waals surface area contributed by atoms with Crippen LogP contribution in [0.3, 0.4) is 0 Å². The summed E-state index contributed by atoms with van der Waals surface area (Å²) in [6, 6.07) is 21.2. The standard InChI is InChI=1S/C21H20O3.C2H4O/c1-2-21(15-9-3-6-12-18(15)22,16-10-4-7-13-19(16)23)17-11-5-8-14-20(17)24;1-2-3-1/h3-14,22-24H,2H2,1H3;1-2H2. The average Bonchev–Trinajstić information content (AvgIpc) is 3.56. The molecule has 0 spiro atoms. The van der Waals surface area contributed by atoms with E-state index in [1.165, 1.54) is 0 Å². The van der Waals surface area contributed by atoms with Crippen LogP contribution in [0.25, 0.3) is 0 Å². The molecule has 4 nitrogen and oxygen atoms in total. The summed E-state index contributed by atoms with van der Waals surface area (Å²) >= 11 is 0. The van der Waals surface area contributed by atoms with Crippen molar-refractivity contribution < 1.29 is 20.1 Å². The van der Waals surface area contributed by atoms with Crippen LogP contribution >= 0.6 is 0 Å². The third kappa shape index (κ3) is 3.76. The molecule has 140 valence electrons. The van der Waals surface area contributed by atoms with Gasteiger partial charge in [-0.25, -0.2) is 0 Å². The number of benzene rings is 3. The highest BCUT2D eigenvalue weighted by atomic mass is 16.6. The quantitative estimate of drug-likeness (QED) is 0.468. The highest BCUT2D eigenvalue weighted by molar-refractivity contribution is 5.60. The van der Waals surface area contributed by atoms with Gasteiger partial charge in [0.05, 0.1) is 18.6 Å². The number of para-hydroxylation sites is 3. The van der Waals surface area contributed by atoms with Gasteiger partial charge < -0.3 is 20.1 Å². The molecule has 3 aromatic carbocycles. The molecule has 1 aliphatic rings. The predicted molar refractivity (Wildman–Crippen MR) is 105 cm³/mol. The lowest BCUT2D eigenvalue weighted by Gasteiger charge is -2.36. The summed E-state index contributed by atoms with van der Waals surface area (Å²) in [6.45, 7) is 3.98. The largest absolute Gasteiger partial charge is 0.508 e. The molecule has 0 unspecified atom stereocenters. The fraction of sp³-hybridized carbons (Fsp3) is 0.217. The SMILES string of the molecule is C1CO1.CCC(c1ccccc1O)(c1ccccc1O)c1ccccc1O. The highest BCUT2D eigenvalue weighted by Gasteiger charge is 2.40. The molecule has 0 amide bonds. The van der Waals surface area contributed by atoms with Gasteiger partial charge in [0.2, 0.25) is 0 Å². The zero-order valence-corrected chi connectivity index (χ0v) is 15.3. The van der Waals surface area contributed by atoms with Gasteiger partial charge in [0.1, 0.15) is 17.2 Å². The lowest BCUT2D eigenvalue weighted by molar-refractivity contribution is 0.415. The van der Waals surface area contributed by atoms with E-state index in [1.807, 2.05) is 43.3 Å². The smallest absolute Gasteiger partial charge is 0.120 e. The maximum absolute atomic E-state index is 10.5. The minimum Gasteiger partial charge on any atom is -0.508 e. The number of hydrogen-bond acceptors (Lipinski definition) is 4. The van der Waals surface area contributed by atoms with Crippen LogP contribution in [0.1, 0.15) is 30.0 Å². The Balaban J connectivity index is 0.000000637. The van der Waals surface area contributed by atoms with Crippen molar-refractivity contribution in [1.82, 2.24) is 0 Å². The summed E-state index contributed by atoms with van der Waals surface area (Å²) in [5.41, 5.74) is 1.09. The molecule has 0 aromatic heterocycles. The van der Waals surface area contributed by atoms with Gasteiger partial charge in [0.25, 0.3) is 0 Å². The third-order valence-electron chi connectivity index (χ3n) is 4.83. The molecular formula is C23H24O4. The molecule has 0 atom stereocenters. The molecule has 1 saturated heterocycles. The van der Waals surface area contributed by atoms with E-state index in [0.717, 1.165) is 13.2 Å². The van der Waals surface area contributed by atoms with E-state index in [0.29, 0.717) is 23.1 Å². The first-order chi connectivity index (χ1) is 13.1. The maximum Gasteiger partial charge on any atom is 0.120 e. The van der Waals surface area contributed by atoms with Crippen LogP contribution in [0.15, 0.2) is 72.8 Å². The van der Waals surface area contributed by atoms with Gasteiger partial charge >= 0.3 is 0 Å². The fourth-order valence-corrected chi connectivity index (χ4v) is 3.51. The minimum atomic E-state index is -0.859. The molecule has 0 aliphatic carbocycles. The number of epoxide rings is 1. The van der Waals surface area contributed by atoms with Crippen LogP contribution in [0.5, 0.6) is 17.2 Å². The van der Waals surface area contributed by atoms with Gasteiger partial charge in [-0.3, -0.25) is 0 Å². The second-order valence-electron chi connectivity index (χ2n) is 6.42. The topological polar surface area (TPSA) is 73.2 Å². The molecule has 0 saturated carbocycles. The molecule has 1 heterocycles. The molecule has 3 aromatic rings. The van der Waals surface area contributed by atoms with Crippen molar-refractivity contribution in [3.63, 3.8) is 0 Å². The van der Waals surface area contributed by atoms with E-state index in [9.17, 15) is 15.3 Å². The number of rotatable bonds is 4. The zero-order chi connectivity index (χ0) is 19.3. The van der Waals surface area contributed by atoms with Gasteiger partial charge in [0, 0.05) is 16.7 Å². The molecular weight excluding hydrogens is 340 g/mol. The lowest BCUT2D eigenvalue weighted by Crippen LogP contribution is -2.29. The van der Waals surface area contributed by atoms with Crippen molar-refractivity contribution in [2.75, 3.05) is 13.2 Å². The predicted octanol–water partition coefficient (Wildman–Crippen LogP) is 4.56. The second-order valence-corrected chi connectivity index (χ2v) is 6.42. The first-order valence-corrected chi connectivity index (χ1v) is 9.04. The minimum absolute atomic E-state index is 0.130. The van der Waals surface area contributed by atoms with Crippen LogP contribution in [-0.4, -0.2) is 28.5 Å². The van der Waals surface area contributed by atoms with E-state index in [-0.39, 0.29) is 17.2 Å². The van der Waals surface area contributed by atoms with Crippen molar-refractivity contribution in [3.05, 3.63) is 89.5 Å². The number of aromatic hydroxyl groups is 3. The first kappa shape index (κ1) is 18.8. The van der Waals surface area contributed by atoms with E-state index in [2.05, 4.69) is 4.74 Å². The van der Waals surface area contributed by atoms with Crippen LogP contribution in [0.4, 0.5) is 0 Å². The van der Waals surface area contributed by atoms with E-state index >= 15 is 0 Å². The summed E-state index contributed by atoms with van der Waals surface area (Å²) < 4.78 is 4.50. The summed E-state index contributed by atoms with van der Waals surface area (Å²) in [4.78, 5) is 0. The van der Waals surface area contributed by atoms with Gasteiger partial charge in [-0.2, -0.15) is 0 Å². The van der Waals surface area contributed by atoms with Gasteiger partial charge in [-0.1, -0.05) is 61.5 Å². The summed E-state index contributed by atoms with van der Waals surface area (Å²) in [7, 11) is 0. The Labute approximate surface area is 159 Å². The van der Waals surface area contributed by atoms with Gasteiger partial charge in [-0.15, -0.1) is 0 Å². The van der Waals surface area contributed by atoms with E-state index in [4.69, 9.17) is 0 Å². The molecule has 0 radical (unpaired) electrons. The van der Waals surface area contributed by atoms with Crippen molar-refractivity contribution in [1.29, 1.82) is 0 Å². The Morgan fingerprint density at radius 3 is 1.19 bits per heavy atom. The van der Waals surface area contributed by atoms with Crippen molar-refractivity contribution >= 4 is 0 Å². The molecule has 0 bridgehead atoms. The Morgan fingerprint density at radius 2 is 0.963 bits per heavy atom. The Kier molecular flexibility index (Phi) is 5.67. The molecule has 1 fully saturated rings. The molecule has 4 heteroatoms. The number of phenols is 3. The van der Waals surface area contributed by atoms with Crippen molar-refractivity contribution in [2.45, 2.75) is 18.8 Å². The molecule has 1 aliphatic heterocycles. The van der Waals surface area contributed by atoms with Crippen molar-refractivity contribution in [3.8, 4) is 17.2 Å². The van der Waals surface area contributed by atoms with Gasteiger partial charge in [0.15, 0.2) is 0 Å². The summed E-state index contributed by atoms with van der Waals surface area (Å²) in [5, 5.41) is 31.6. The number of ether oxygens (including phenoxy) is 1. The highest BCUT2D eigenvalue weighted by Crippen LogP contribution is 2.50. The summed E-state index contributed by atoms with van der Waals surface area (Å²) in [5.74, 6) is 0.391. The molecule has 27 heavy (non-hydrogen) atoms. The Hall–Kier alpha value is -2.98. The lowest BCUT2D eigenvalue weighted by atomic mass is 9.67. The van der Waals surface area contributed by atoms with Crippen LogP contribution < -0.4 is 0 Å². The molecule has 3 N–H and O–H groups in total.